The number of amides is 1. The molecule has 30 heavy (non-hydrogen) atoms. The van der Waals surface area contributed by atoms with Crippen LogP contribution in [0, 0.1) is 0 Å². The van der Waals surface area contributed by atoms with E-state index >= 15 is 0 Å². The van der Waals surface area contributed by atoms with E-state index in [2.05, 4.69) is 9.69 Å². The highest BCUT2D eigenvalue weighted by Gasteiger charge is 2.20. The SMILES string of the molecule is CN(c1ccc(CC(=O)Nc2ccc3sncc3c2)cc1)S(=O)(=O)c1ccccc1. The minimum Gasteiger partial charge on any atom is -0.326 e. The van der Waals surface area contributed by atoms with Crippen LogP contribution in [-0.4, -0.2) is 25.7 Å². The van der Waals surface area contributed by atoms with Crippen molar-refractivity contribution >= 4 is 48.9 Å². The fraction of sp³-hybridized carbons (Fsp3) is 0.0909. The van der Waals surface area contributed by atoms with E-state index in [0.29, 0.717) is 5.69 Å². The van der Waals surface area contributed by atoms with Crippen LogP contribution in [0.25, 0.3) is 10.1 Å². The molecule has 0 radical (unpaired) electrons. The van der Waals surface area contributed by atoms with Crippen LogP contribution < -0.4 is 9.62 Å². The topological polar surface area (TPSA) is 79.4 Å². The number of hydrogen-bond donors (Lipinski definition) is 1. The van der Waals surface area contributed by atoms with Gasteiger partial charge in [-0.05, 0) is 59.6 Å². The highest BCUT2D eigenvalue weighted by atomic mass is 32.2. The van der Waals surface area contributed by atoms with Crippen molar-refractivity contribution in [2.45, 2.75) is 11.3 Å². The number of fused-ring (bicyclic) bond motifs is 1. The third-order valence-electron chi connectivity index (χ3n) is 4.70. The molecule has 0 atom stereocenters. The van der Waals surface area contributed by atoms with Crippen LogP contribution in [0.4, 0.5) is 11.4 Å². The van der Waals surface area contributed by atoms with E-state index in [1.807, 2.05) is 18.2 Å². The zero-order chi connectivity index (χ0) is 21.1. The average molecular weight is 438 g/mol. The minimum atomic E-state index is -3.63. The van der Waals surface area contributed by atoms with Gasteiger partial charge in [-0.3, -0.25) is 9.10 Å². The van der Waals surface area contributed by atoms with Gasteiger partial charge in [0.2, 0.25) is 5.91 Å². The van der Waals surface area contributed by atoms with E-state index in [-0.39, 0.29) is 17.2 Å². The number of carbonyl (C=O) groups is 1. The maximum Gasteiger partial charge on any atom is 0.264 e. The Morgan fingerprint density at radius 1 is 1.03 bits per heavy atom. The Balaban J connectivity index is 1.43. The number of benzene rings is 3. The van der Waals surface area contributed by atoms with Gasteiger partial charge >= 0.3 is 0 Å². The number of nitrogens with one attached hydrogen (secondary N) is 1. The van der Waals surface area contributed by atoms with E-state index < -0.39 is 10.0 Å². The van der Waals surface area contributed by atoms with Crippen molar-refractivity contribution in [1.82, 2.24) is 4.37 Å². The fourth-order valence-electron chi connectivity index (χ4n) is 3.05. The molecule has 0 aliphatic carbocycles. The standard InChI is InChI=1S/C22H19N3O3S2/c1-25(30(27,28)20-5-3-2-4-6-20)19-10-7-16(8-11-19)13-22(26)24-18-9-12-21-17(14-18)15-23-29-21/h2-12,14-15H,13H2,1H3,(H,24,26). The van der Waals surface area contributed by atoms with Crippen molar-refractivity contribution in [2.24, 2.45) is 0 Å². The summed E-state index contributed by atoms with van der Waals surface area (Å²) in [4.78, 5) is 12.6. The van der Waals surface area contributed by atoms with Crippen LogP contribution in [-0.2, 0) is 21.2 Å². The average Bonchev–Trinajstić information content (AvgIpc) is 3.22. The van der Waals surface area contributed by atoms with E-state index in [4.69, 9.17) is 0 Å². The molecule has 0 saturated carbocycles. The second kappa shape index (κ2) is 8.25. The third-order valence-corrected chi connectivity index (χ3v) is 7.28. The lowest BCUT2D eigenvalue weighted by Crippen LogP contribution is -2.26. The van der Waals surface area contributed by atoms with Crippen molar-refractivity contribution in [1.29, 1.82) is 0 Å². The first kappa shape index (κ1) is 20.1. The number of nitrogens with zero attached hydrogens (tertiary/aromatic N) is 2. The van der Waals surface area contributed by atoms with Gasteiger partial charge in [0.05, 0.1) is 21.7 Å². The van der Waals surface area contributed by atoms with Gasteiger partial charge in [0.15, 0.2) is 0 Å². The van der Waals surface area contributed by atoms with Crippen LogP contribution in [0.15, 0.2) is 83.9 Å². The lowest BCUT2D eigenvalue weighted by Gasteiger charge is -2.19. The molecule has 1 heterocycles. The molecule has 0 unspecified atom stereocenters. The Labute approximate surface area is 179 Å². The molecule has 3 aromatic carbocycles. The molecular formula is C22H19N3O3S2. The predicted octanol–water partition coefficient (Wildman–Crippen LogP) is 4.30. The van der Waals surface area contributed by atoms with E-state index in [9.17, 15) is 13.2 Å². The number of anilines is 2. The summed E-state index contributed by atoms with van der Waals surface area (Å²) in [7, 11) is -2.12. The van der Waals surface area contributed by atoms with Gasteiger partial charge in [0.25, 0.3) is 10.0 Å². The smallest absolute Gasteiger partial charge is 0.264 e. The number of rotatable bonds is 6. The maximum absolute atomic E-state index is 12.7. The second-order valence-corrected chi connectivity index (χ2v) is 9.56. The van der Waals surface area contributed by atoms with E-state index in [1.54, 1.807) is 60.8 Å². The molecule has 152 valence electrons. The number of hydrogen-bond acceptors (Lipinski definition) is 5. The van der Waals surface area contributed by atoms with Crippen molar-refractivity contribution in [3.63, 3.8) is 0 Å². The molecule has 1 amide bonds. The van der Waals surface area contributed by atoms with Crippen LogP contribution >= 0.6 is 11.5 Å². The van der Waals surface area contributed by atoms with Gasteiger partial charge < -0.3 is 5.32 Å². The Morgan fingerprint density at radius 3 is 2.50 bits per heavy atom. The van der Waals surface area contributed by atoms with E-state index in [1.165, 1.54) is 22.9 Å². The largest absolute Gasteiger partial charge is 0.326 e. The molecule has 0 aliphatic heterocycles. The molecule has 6 nitrogen and oxygen atoms in total. The zero-order valence-electron chi connectivity index (χ0n) is 16.1. The summed E-state index contributed by atoms with van der Waals surface area (Å²) in [6.07, 6.45) is 1.96. The molecule has 8 heteroatoms. The molecule has 0 aliphatic rings. The molecule has 4 aromatic rings. The Kier molecular flexibility index (Phi) is 5.52. The van der Waals surface area contributed by atoms with Crippen LogP contribution in [0.3, 0.4) is 0 Å². The van der Waals surface area contributed by atoms with Crippen LogP contribution in [0.1, 0.15) is 5.56 Å². The van der Waals surface area contributed by atoms with Gasteiger partial charge in [0.1, 0.15) is 0 Å². The van der Waals surface area contributed by atoms with E-state index in [0.717, 1.165) is 21.3 Å². The Hall–Kier alpha value is -3.23. The first-order chi connectivity index (χ1) is 14.4. The number of carbonyl (C=O) groups excluding carboxylic acids is 1. The molecule has 1 aromatic heterocycles. The molecule has 0 spiro atoms. The van der Waals surface area contributed by atoms with Gasteiger partial charge in [-0.15, -0.1) is 0 Å². The highest BCUT2D eigenvalue weighted by molar-refractivity contribution is 7.92. The number of sulfonamides is 1. The van der Waals surface area contributed by atoms with Gasteiger partial charge in [-0.1, -0.05) is 30.3 Å². The normalized spacial score (nSPS) is 11.4. The molecule has 0 bridgehead atoms. The molecule has 0 saturated heterocycles. The highest BCUT2D eigenvalue weighted by Crippen LogP contribution is 2.24. The van der Waals surface area contributed by atoms with Crippen molar-refractivity contribution < 1.29 is 13.2 Å². The summed E-state index contributed by atoms with van der Waals surface area (Å²) in [5.41, 5.74) is 2.04. The number of aromatic nitrogens is 1. The fourth-order valence-corrected chi connectivity index (χ4v) is 4.90. The van der Waals surface area contributed by atoms with Gasteiger partial charge in [-0.2, -0.15) is 4.37 Å². The second-order valence-electron chi connectivity index (χ2n) is 6.76. The predicted molar refractivity (Wildman–Crippen MR) is 120 cm³/mol. The lowest BCUT2D eigenvalue weighted by atomic mass is 10.1. The molecule has 4 rings (SSSR count). The quantitative estimate of drug-likeness (QED) is 0.488. The summed E-state index contributed by atoms with van der Waals surface area (Å²) >= 11 is 1.41. The van der Waals surface area contributed by atoms with Crippen LogP contribution in [0.5, 0.6) is 0 Å². The summed E-state index contributed by atoms with van der Waals surface area (Å²) in [5, 5.41) is 3.88. The summed E-state index contributed by atoms with van der Waals surface area (Å²) < 4.78 is 31.9. The summed E-state index contributed by atoms with van der Waals surface area (Å²) in [5.74, 6) is -0.143. The maximum atomic E-state index is 12.7. The minimum absolute atomic E-state index is 0.143. The monoisotopic (exact) mass is 437 g/mol. The Bertz CT molecular complexity index is 1280. The molecule has 1 N–H and O–H groups in total. The first-order valence-electron chi connectivity index (χ1n) is 9.21. The summed E-state index contributed by atoms with van der Waals surface area (Å²) in [6.45, 7) is 0. The molecule has 0 fully saturated rings. The van der Waals surface area contributed by atoms with Gasteiger partial charge in [-0.25, -0.2) is 8.42 Å². The van der Waals surface area contributed by atoms with Gasteiger partial charge in [0, 0.05) is 24.3 Å². The lowest BCUT2D eigenvalue weighted by molar-refractivity contribution is -0.115. The van der Waals surface area contributed by atoms with Crippen molar-refractivity contribution in [2.75, 3.05) is 16.7 Å². The van der Waals surface area contributed by atoms with Crippen molar-refractivity contribution in [3.8, 4) is 0 Å². The Morgan fingerprint density at radius 2 is 1.77 bits per heavy atom. The zero-order valence-corrected chi connectivity index (χ0v) is 17.8. The molecular weight excluding hydrogens is 418 g/mol. The third kappa shape index (κ3) is 4.19. The first-order valence-corrected chi connectivity index (χ1v) is 11.4. The van der Waals surface area contributed by atoms with Crippen LogP contribution in [0.2, 0.25) is 0 Å². The van der Waals surface area contributed by atoms with Crippen molar-refractivity contribution in [3.05, 3.63) is 84.6 Å². The summed E-state index contributed by atoms with van der Waals surface area (Å²) in [6, 6.07) is 20.9.